The van der Waals surface area contributed by atoms with Gasteiger partial charge in [-0.25, -0.2) is 0 Å². The van der Waals surface area contributed by atoms with Gasteiger partial charge in [-0.2, -0.15) is 0 Å². The number of allylic oxidation sites excluding steroid dienone is 4. The van der Waals surface area contributed by atoms with Crippen LogP contribution < -0.4 is 9.47 Å². The second-order valence-electron chi connectivity index (χ2n) is 8.06. The van der Waals surface area contributed by atoms with Crippen molar-refractivity contribution in [1.82, 2.24) is 0 Å². The van der Waals surface area contributed by atoms with Crippen LogP contribution in [0, 0.1) is 19.8 Å². The highest BCUT2D eigenvalue weighted by Gasteiger charge is 2.13. The maximum atomic E-state index is 6.28. The van der Waals surface area contributed by atoms with E-state index in [4.69, 9.17) is 9.47 Å². The Hall–Kier alpha value is -3.26. The lowest BCUT2D eigenvalue weighted by Crippen LogP contribution is -1.93. The molecule has 0 aromatic heterocycles. The minimum Gasteiger partial charge on any atom is -0.457 e. The topological polar surface area (TPSA) is 18.5 Å². The molecule has 0 saturated heterocycles. The van der Waals surface area contributed by atoms with Gasteiger partial charge in [0.05, 0.1) is 0 Å². The lowest BCUT2D eigenvalue weighted by molar-refractivity contribution is 0.468. The minimum atomic E-state index is 0.576. The molecular formula is C28H28O2. The molecular weight excluding hydrogens is 368 g/mol. The van der Waals surface area contributed by atoms with Gasteiger partial charge >= 0.3 is 0 Å². The zero-order valence-electron chi connectivity index (χ0n) is 17.9. The second kappa shape index (κ2) is 9.04. The second-order valence-corrected chi connectivity index (χ2v) is 8.06. The summed E-state index contributed by atoms with van der Waals surface area (Å²) in [6, 6.07) is 22.3. The van der Waals surface area contributed by atoms with Crippen molar-refractivity contribution in [3.63, 3.8) is 0 Å². The van der Waals surface area contributed by atoms with Crippen molar-refractivity contribution in [2.45, 2.75) is 33.6 Å². The Morgan fingerprint density at radius 3 is 2.00 bits per heavy atom. The maximum absolute atomic E-state index is 6.28. The zero-order chi connectivity index (χ0) is 20.9. The van der Waals surface area contributed by atoms with Crippen LogP contribution in [-0.4, -0.2) is 0 Å². The van der Waals surface area contributed by atoms with Gasteiger partial charge < -0.3 is 9.47 Å². The molecule has 0 saturated carbocycles. The summed E-state index contributed by atoms with van der Waals surface area (Å²) in [5.74, 6) is 3.88. The summed E-state index contributed by atoms with van der Waals surface area (Å²) in [4.78, 5) is 0. The van der Waals surface area contributed by atoms with Gasteiger partial charge in [0.25, 0.3) is 0 Å². The Labute approximate surface area is 179 Å². The molecule has 1 aliphatic carbocycles. The number of ether oxygens (including phenoxy) is 2. The van der Waals surface area contributed by atoms with Crippen molar-refractivity contribution >= 4 is 5.57 Å². The van der Waals surface area contributed by atoms with Gasteiger partial charge in [0.1, 0.15) is 23.0 Å². The summed E-state index contributed by atoms with van der Waals surface area (Å²) in [5.41, 5.74) is 4.65. The number of hydrogen-bond acceptors (Lipinski definition) is 2. The van der Waals surface area contributed by atoms with Crippen LogP contribution in [0.3, 0.4) is 0 Å². The van der Waals surface area contributed by atoms with Crippen molar-refractivity contribution in [1.29, 1.82) is 0 Å². The lowest BCUT2D eigenvalue weighted by atomic mass is 10.0. The first-order valence-electron chi connectivity index (χ1n) is 10.6. The first kappa shape index (κ1) is 20.0. The van der Waals surface area contributed by atoms with Crippen molar-refractivity contribution in [3.05, 3.63) is 102 Å². The van der Waals surface area contributed by atoms with E-state index in [1.807, 2.05) is 36.4 Å². The zero-order valence-corrected chi connectivity index (χ0v) is 17.9. The van der Waals surface area contributed by atoms with Gasteiger partial charge in [-0.1, -0.05) is 60.5 Å². The molecule has 0 amide bonds. The Morgan fingerprint density at radius 1 is 0.733 bits per heavy atom. The number of rotatable bonds is 5. The van der Waals surface area contributed by atoms with Crippen LogP contribution in [0.1, 0.15) is 36.5 Å². The van der Waals surface area contributed by atoms with Crippen LogP contribution in [0.15, 0.2) is 85.0 Å². The fourth-order valence-electron chi connectivity index (χ4n) is 3.50. The van der Waals surface area contributed by atoms with E-state index < -0.39 is 0 Å². The monoisotopic (exact) mass is 396 g/mol. The minimum absolute atomic E-state index is 0.576. The lowest BCUT2D eigenvalue weighted by Gasteiger charge is -2.15. The standard InChI is InChI=1S/C28H28O2/c1-20-5-4-6-23(12-7-20)27-19-26(29-24-13-8-21(2)9-14-24)17-18-28(27)30-25-15-10-22(3)11-16-25/h6-20H,4-5H2,1-3H3. The highest BCUT2D eigenvalue weighted by atomic mass is 16.5. The van der Waals surface area contributed by atoms with E-state index in [9.17, 15) is 0 Å². The predicted molar refractivity (Wildman–Crippen MR) is 124 cm³/mol. The molecule has 0 N–H and O–H groups in total. The van der Waals surface area contributed by atoms with Crippen LogP contribution in [0.5, 0.6) is 23.0 Å². The van der Waals surface area contributed by atoms with Crippen LogP contribution in [-0.2, 0) is 0 Å². The van der Waals surface area contributed by atoms with Crippen LogP contribution in [0.2, 0.25) is 0 Å². The molecule has 4 rings (SSSR count). The van der Waals surface area contributed by atoms with Gasteiger partial charge in [0.2, 0.25) is 0 Å². The van der Waals surface area contributed by atoms with E-state index in [0.717, 1.165) is 41.4 Å². The summed E-state index contributed by atoms with van der Waals surface area (Å²) in [6.07, 6.45) is 9.00. The SMILES string of the molecule is Cc1ccc(Oc2ccc(Oc3ccc(C)cc3)c(C3=CCCC(C)C=C3)c2)cc1. The number of benzene rings is 3. The number of hydrogen-bond donors (Lipinski definition) is 0. The molecule has 1 unspecified atom stereocenters. The molecule has 1 aliphatic rings. The van der Waals surface area contributed by atoms with Gasteiger partial charge in [-0.05, 0) is 80.6 Å². The van der Waals surface area contributed by atoms with E-state index in [1.165, 1.54) is 16.7 Å². The van der Waals surface area contributed by atoms with Gasteiger partial charge in [-0.15, -0.1) is 0 Å². The van der Waals surface area contributed by atoms with Crippen molar-refractivity contribution in [2.24, 2.45) is 5.92 Å². The molecule has 2 heteroatoms. The highest BCUT2D eigenvalue weighted by Crippen LogP contribution is 2.37. The maximum Gasteiger partial charge on any atom is 0.135 e. The Bertz CT molecular complexity index is 1060. The van der Waals surface area contributed by atoms with E-state index >= 15 is 0 Å². The first-order chi connectivity index (χ1) is 14.6. The third kappa shape index (κ3) is 5.01. The number of aryl methyl sites for hydroxylation is 2. The molecule has 0 bridgehead atoms. The summed E-state index contributed by atoms with van der Waals surface area (Å²) >= 11 is 0. The Kier molecular flexibility index (Phi) is 6.04. The molecule has 0 aliphatic heterocycles. The van der Waals surface area contributed by atoms with E-state index in [-0.39, 0.29) is 0 Å². The van der Waals surface area contributed by atoms with Crippen molar-refractivity contribution in [2.75, 3.05) is 0 Å². The van der Waals surface area contributed by atoms with Crippen LogP contribution in [0.4, 0.5) is 0 Å². The predicted octanol–water partition coefficient (Wildman–Crippen LogP) is 8.26. The van der Waals surface area contributed by atoms with Gasteiger partial charge in [0.15, 0.2) is 0 Å². The van der Waals surface area contributed by atoms with Gasteiger partial charge in [0, 0.05) is 5.56 Å². The fraction of sp³-hybridized carbons (Fsp3) is 0.214. The molecule has 2 nitrogen and oxygen atoms in total. The summed E-state index contributed by atoms with van der Waals surface area (Å²) in [5, 5.41) is 0. The quantitative estimate of drug-likeness (QED) is 0.432. The molecule has 152 valence electrons. The third-order valence-electron chi connectivity index (χ3n) is 5.36. The molecule has 30 heavy (non-hydrogen) atoms. The summed E-state index contributed by atoms with van der Waals surface area (Å²) < 4.78 is 12.4. The van der Waals surface area contributed by atoms with Gasteiger partial charge in [-0.3, -0.25) is 0 Å². The molecule has 3 aromatic carbocycles. The first-order valence-corrected chi connectivity index (χ1v) is 10.6. The Morgan fingerprint density at radius 2 is 1.33 bits per heavy atom. The van der Waals surface area contributed by atoms with E-state index in [1.54, 1.807) is 0 Å². The average molecular weight is 397 g/mol. The fourth-order valence-corrected chi connectivity index (χ4v) is 3.50. The molecule has 1 atom stereocenters. The van der Waals surface area contributed by atoms with Crippen LogP contribution >= 0.6 is 0 Å². The van der Waals surface area contributed by atoms with E-state index in [0.29, 0.717) is 5.92 Å². The molecule has 0 heterocycles. The Balaban J connectivity index is 1.69. The summed E-state index contributed by atoms with van der Waals surface area (Å²) in [7, 11) is 0. The van der Waals surface area contributed by atoms with Crippen molar-refractivity contribution < 1.29 is 9.47 Å². The smallest absolute Gasteiger partial charge is 0.135 e. The molecule has 3 aromatic rings. The third-order valence-corrected chi connectivity index (χ3v) is 5.36. The van der Waals surface area contributed by atoms with Crippen molar-refractivity contribution in [3.8, 4) is 23.0 Å². The van der Waals surface area contributed by atoms with E-state index in [2.05, 4.69) is 69.3 Å². The molecule has 0 radical (unpaired) electrons. The van der Waals surface area contributed by atoms with Crippen LogP contribution in [0.25, 0.3) is 5.57 Å². The summed E-state index contributed by atoms with van der Waals surface area (Å²) in [6.45, 7) is 6.41. The largest absolute Gasteiger partial charge is 0.457 e. The normalized spacial score (nSPS) is 16.0. The highest BCUT2D eigenvalue weighted by molar-refractivity contribution is 5.79. The molecule has 0 fully saturated rings. The average Bonchev–Trinajstić information content (AvgIpc) is 2.97. The molecule has 0 spiro atoms.